The summed E-state index contributed by atoms with van der Waals surface area (Å²) in [4.78, 5) is 11.8. The maximum Gasteiger partial charge on any atom is 0.419 e. The quantitative estimate of drug-likeness (QED) is 0.843. The van der Waals surface area contributed by atoms with Gasteiger partial charge in [-0.1, -0.05) is 32.8 Å². The second-order valence-corrected chi connectivity index (χ2v) is 5.70. The Morgan fingerprint density at radius 3 is 2.43 bits per heavy atom. The minimum Gasteiger partial charge on any atom is -0.408 e. The number of nitrogens with zero attached hydrogens (tertiary/aromatic N) is 1. The predicted molar refractivity (Wildman–Crippen MR) is 86.4 cm³/mol. The average Bonchev–Trinajstić information content (AvgIpc) is 2.80. The lowest BCUT2D eigenvalue weighted by Gasteiger charge is -2.23. The molecule has 1 aromatic heterocycles. The van der Waals surface area contributed by atoms with E-state index in [2.05, 4.69) is 13.8 Å². The molecule has 1 heterocycles. The summed E-state index contributed by atoms with van der Waals surface area (Å²) < 4.78 is 6.97. The zero-order valence-corrected chi connectivity index (χ0v) is 13.3. The van der Waals surface area contributed by atoms with Gasteiger partial charge < -0.3 is 10.2 Å². The van der Waals surface area contributed by atoms with Gasteiger partial charge in [0, 0.05) is 12.6 Å². The first kappa shape index (κ1) is 15.8. The fraction of sp³-hybridized carbons (Fsp3) is 0.588. The number of aryl methyl sites for hydroxylation is 1. The molecule has 2 N–H and O–H groups in total. The van der Waals surface area contributed by atoms with Crippen LogP contribution in [-0.2, 0) is 6.54 Å². The maximum atomic E-state index is 11.8. The third kappa shape index (κ3) is 3.21. The van der Waals surface area contributed by atoms with Gasteiger partial charge in [-0.15, -0.1) is 0 Å². The zero-order valence-electron chi connectivity index (χ0n) is 13.3. The van der Waals surface area contributed by atoms with Gasteiger partial charge in [0.05, 0.1) is 5.52 Å². The van der Waals surface area contributed by atoms with E-state index < -0.39 is 0 Å². The summed E-state index contributed by atoms with van der Waals surface area (Å²) in [5.41, 5.74) is 9.00. The van der Waals surface area contributed by atoms with Crippen LogP contribution in [0.25, 0.3) is 11.1 Å². The van der Waals surface area contributed by atoms with Crippen LogP contribution in [0, 0.1) is 5.92 Å². The second kappa shape index (κ2) is 6.94. The largest absolute Gasteiger partial charge is 0.419 e. The Morgan fingerprint density at radius 1 is 1.19 bits per heavy atom. The molecule has 0 saturated carbocycles. The average molecular weight is 290 g/mol. The van der Waals surface area contributed by atoms with Crippen molar-refractivity contribution in [3.63, 3.8) is 0 Å². The van der Waals surface area contributed by atoms with E-state index in [-0.39, 0.29) is 11.8 Å². The molecule has 0 amide bonds. The fourth-order valence-electron chi connectivity index (χ4n) is 3.11. The second-order valence-electron chi connectivity index (χ2n) is 5.70. The van der Waals surface area contributed by atoms with Gasteiger partial charge in [0.1, 0.15) is 0 Å². The molecule has 0 aliphatic carbocycles. The number of hydrogen-bond donors (Lipinski definition) is 1. The third-order valence-corrected chi connectivity index (χ3v) is 4.22. The molecule has 21 heavy (non-hydrogen) atoms. The number of aromatic nitrogens is 1. The SMILES string of the molecule is CCCC(CCC)C(N)c1ccc2c(c1)oc(=O)n2CC. The van der Waals surface area contributed by atoms with Crippen molar-refractivity contribution >= 4 is 11.1 Å². The number of benzene rings is 1. The monoisotopic (exact) mass is 290 g/mol. The Bertz CT molecular complexity index is 636. The topological polar surface area (TPSA) is 61.2 Å². The van der Waals surface area contributed by atoms with E-state index in [1.165, 1.54) is 0 Å². The van der Waals surface area contributed by atoms with Crippen molar-refractivity contribution in [1.29, 1.82) is 0 Å². The molecule has 4 nitrogen and oxygen atoms in total. The third-order valence-electron chi connectivity index (χ3n) is 4.22. The summed E-state index contributed by atoms with van der Waals surface area (Å²) in [6, 6.07) is 5.93. The van der Waals surface area contributed by atoms with Gasteiger partial charge in [-0.05, 0) is 43.4 Å². The van der Waals surface area contributed by atoms with Crippen molar-refractivity contribution in [2.24, 2.45) is 11.7 Å². The Labute approximate surface area is 125 Å². The highest BCUT2D eigenvalue weighted by Crippen LogP contribution is 2.29. The van der Waals surface area contributed by atoms with Crippen molar-refractivity contribution in [2.45, 2.75) is 59.0 Å². The molecule has 0 saturated heterocycles. The summed E-state index contributed by atoms with van der Waals surface area (Å²) in [7, 11) is 0. The first-order valence-electron chi connectivity index (χ1n) is 8.01. The van der Waals surface area contributed by atoms with Crippen molar-refractivity contribution in [1.82, 2.24) is 4.57 Å². The van der Waals surface area contributed by atoms with Crippen LogP contribution in [0.4, 0.5) is 0 Å². The summed E-state index contributed by atoms with van der Waals surface area (Å²) in [6.45, 7) is 6.94. The highest BCUT2D eigenvalue weighted by molar-refractivity contribution is 5.73. The predicted octanol–water partition coefficient (Wildman–Crippen LogP) is 3.83. The summed E-state index contributed by atoms with van der Waals surface area (Å²) in [6.07, 6.45) is 4.55. The van der Waals surface area contributed by atoms with E-state index in [0.717, 1.165) is 36.8 Å². The first-order valence-corrected chi connectivity index (χ1v) is 8.01. The van der Waals surface area contributed by atoms with Crippen LogP contribution in [0.3, 0.4) is 0 Å². The van der Waals surface area contributed by atoms with Crippen LogP contribution >= 0.6 is 0 Å². The van der Waals surface area contributed by atoms with Gasteiger partial charge in [0.25, 0.3) is 0 Å². The molecular formula is C17H26N2O2. The molecule has 2 rings (SSSR count). The minimum absolute atomic E-state index is 0.00424. The molecule has 0 bridgehead atoms. The highest BCUT2D eigenvalue weighted by Gasteiger charge is 2.19. The molecule has 4 heteroatoms. The summed E-state index contributed by atoms with van der Waals surface area (Å²) >= 11 is 0. The standard InChI is InChI=1S/C17H26N2O2/c1-4-7-12(8-5-2)16(18)13-9-10-14-15(11-13)21-17(20)19(14)6-3/h9-12,16H,4-8,18H2,1-3H3. The van der Waals surface area contributed by atoms with Gasteiger partial charge in [0.15, 0.2) is 5.58 Å². The molecule has 0 aliphatic heterocycles. The van der Waals surface area contributed by atoms with Crippen LogP contribution in [-0.4, -0.2) is 4.57 Å². The van der Waals surface area contributed by atoms with Gasteiger partial charge in [-0.2, -0.15) is 0 Å². The summed E-state index contributed by atoms with van der Waals surface area (Å²) in [5, 5.41) is 0. The molecule has 116 valence electrons. The number of fused-ring (bicyclic) bond motifs is 1. The lowest BCUT2D eigenvalue weighted by atomic mass is 9.87. The van der Waals surface area contributed by atoms with E-state index in [1.54, 1.807) is 4.57 Å². The minimum atomic E-state index is -0.295. The molecule has 1 atom stereocenters. The van der Waals surface area contributed by atoms with Gasteiger partial charge in [-0.25, -0.2) is 4.79 Å². The molecule has 0 spiro atoms. The Kier molecular flexibility index (Phi) is 5.23. The lowest BCUT2D eigenvalue weighted by Crippen LogP contribution is -2.21. The molecular weight excluding hydrogens is 264 g/mol. The lowest BCUT2D eigenvalue weighted by molar-refractivity contribution is 0.368. The van der Waals surface area contributed by atoms with Crippen molar-refractivity contribution in [3.05, 3.63) is 34.3 Å². The van der Waals surface area contributed by atoms with E-state index >= 15 is 0 Å². The number of hydrogen-bond acceptors (Lipinski definition) is 3. The van der Waals surface area contributed by atoms with Crippen molar-refractivity contribution < 1.29 is 4.42 Å². The van der Waals surface area contributed by atoms with Crippen molar-refractivity contribution in [3.8, 4) is 0 Å². The van der Waals surface area contributed by atoms with Crippen LogP contribution in [0.1, 0.15) is 58.1 Å². The smallest absolute Gasteiger partial charge is 0.408 e. The molecule has 0 radical (unpaired) electrons. The first-order chi connectivity index (χ1) is 10.1. The van der Waals surface area contributed by atoms with E-state index in [0.29, 0.717) is 18.0 Å². The molecule has 1 aromatic carbocycles. The number of nitrogens with two attached hydrogens (primary N) is 1. The zero-order chi connectivity index (χ0) is 15.4. The fourth-order valence-corrected chi connectivity index (χ4v) is 3.11. The molecule has 1 unspecified atom stereocenters. The highest BCUT2D eigenvalue weighted by atomic mass is 16.4. The molecule has 2 aromatic rings. The van der Waals surface area contributed by atoms with Crippen LogP contribution in [0.15, 0.2) is 27.4 Å². The van der Waals surface area contributed by atoms with Crippen LogP contribution in [0.2, 0.25) is 0 Å². The Hall–Kier alpha value is -1.55. The van der Waals surface area contributed by atoms with Gasteiger partial charge in [-0.3, -0.25) is 4.57 Å². The van der Waals surface area contributed by atoms with Crippen LogP contribution in [0.5, 0.6) is 0 Å². The normalized spacial score (nSPS) is 13.2. The number of oxazole rings is 1. The number of rotatable bonds is 7. The van der Waals surface area contributed by atoms with Crippen molar-refractivity contribution in [2.75, 3.05) is 0 Å². The Morgan fingerprint density at radius 2 is 1.86 bits per heavy atom. The Balaban J connectivity index is 2.35. The summed E-state index contributed by atoms with van der Waals surface area (Å²) in [5.74, 6) is 0.189. The molecule has 0 fully saturated rings. The molecule has 0 aliphatic rings. The maximum absolute atomic E-state index is 11.8. The van der Waals surface area contributed by atoms with Crippen LogP contribution < -0.4 is 11.5 Å². The van der Waals surface area contributed by atoms with Gasteiger partial charge >= 0.3 is 5.76 Å². The van der Waals surface area contributed by atoms with E-state index in [9.17, 15) is 4.79 Å². The van der Waals surface area contributed by atoms with Gasteiger partial charge in [0.2, 0.25) is 0 Å². The van der Waals surface area contributed by atoms with E-state index in [4.69, 9.17) is 10.2 Å². The van der Waals surface area contributed by atoms with E-state index in [1.807, 2.05) is 25.1 Å².